The molecule has 0 heterocycles. The summed E-state index contributed by atoms with van der Waals surface area (Å²) in [4.78, 5) is 29.0. The Morgan fingerprint density at radius 1 is 0.972 bits per heavy atom. The van der Waals surface area contributed by atoms with Gasteiger partial charge in [-0.2, -0.15) is 0 Å². The van der Waals surface area contributed by atoms with Crippen molar-refractivity contribution >= 4 is 39.5 Å². The number of nitrogens with one attached hydrogen (secondary N) is 1. The second kappa shape index (κ2) is 14.2. The van der Waals surface area contributed by atoms with Crippen LogP contribution in [0.3, 0.4) is 0 Å². The third-order valence-corrected chi connectivity index (χ3v) is 7.72. The highest BCUT2D eigenvalue weighted by molar-refractivity contribution is 9.10. The van der Waals surface area contributed by atoms with E-state index in [2.05, 4.69) is 40.3 Å². The van der Waals surface area contributed by atoms with Crippen LogP contribution in [-0.4, -0.2) is 34.6 Å². The van der Waals surface area contributed by atoms with Crippen LogP contribution in [0.2, 0.25) is 0 Å². The molecule has 0 spiro atoms. The van der Waals surface area contributed by atoms with Gasteiger partial charge in [0.05, 0.1) is 5.75 Å². The summed E-state index contributed by atoms with van der Waals surface area (Å²) in [6, 6.07) is 25.5. The van der Waals surface area contributed by atoms with Crippen LogP contribution in [0, 0.1) is 6.92 Å². The van der Waals surface area contributed by atoms with E-state index in [1.54, 1.807) is 16.7 Å². The largest absolute Gasteiger partial charge is 0.352 e. The van der Waals surface area contributed by atoms with E-state index < -0.39 is 6.04 Å². The van der Waals surface area contributed by atoms with Gasteiger partial charge in [-0.05, 0) is 54.7 Å². The minimum Gasteiger partial charge on any atom is -0.352 e. The molecule has 0 aliphatic carbocycles. The molecule has 2 amide bonds. The molecule has 0 aliphatic heterocycles. The summed E-state index contributed by atoms with van der Waals surface area (Å²) in [6.07, 6.45) is 1.29. The topological polar surface area (TPSA) is 49.4 Å². The normalized spacial score (nSPS) is 12.6. The van der Waals surface area contributed by atoms with Gasteiger partial charge in [0.15, 0.2) is 0 Å². The highest BCUT2D eigenvalue weighted by Crippen LogP contribution is 2.21. The molecule has 0 fully saturated rings. The van der Waals surface area contributed by atoms with Crippen LogP contribution in [-0.2, 0) is 28.3 Å². The molecule has 2 atom stereocenters. The quantitative estimate of drug-likeness (QED) is 0.270. The van der Waals surface area contributed by atoms with Crippen molar-refractivity contribution in [1.82, 2.24) is 10.2 Å². The molecule has 1 N–H and O–H groups in total. The van der Waals surface area contributed by atoms with Crippen molar-refractivity contribution in [2.45, 2.75) is 58.0 Å². The molecule has 6 heteroatoms. The van der Waals surface area contributed by atoms with Crippen molar-refractivity contribution in [1.29, 1.82) is 0 Å². The number of nitrogens with zero attached hydrogens (tertiary/aromatic N) is 1. The van der Waals surface area contributed by atoms with Crippen LogP contribution < -0.4 is 5.32 Å². The number of hydrogen-bond acceptors (Lipinski definition) is 3. The van der Waals surface area contributed by atoms with Crippen molar-refractivity contribution in [3.05, 3.63) is 106 Å². The summed E-state index contributed by atoms with van der Waals surface area (Å²) in [6.45, 7) is 6.50. The monoisotopic (exact) mass is 566 g/mol. The Labute approximate surface area is 228 Å². The molecular formula is C30H35BrN2O2S. The molecule has 190 valence electrons. The Kier molecular flexibility index (Phi) is 11.1. The second-order valence-corrected chi connectivity index (χ2v) is 11.0. The molecule has 0 aliphatic rings. The van der Waals surface area contributed by atoms with Gasteiger partial charge in [0.1, 0.15) is 6.04 Å². The Bertz CT molecular complexity index is 1140. The summed E-state index contributed by atoms with van der Waals surface area (Å²) in [5.41, 5.74) is 4.46. The maximum Gasteiger partial charge on any atom is 0.243 e. The van der Waals surface area contributed by atoms with E-state index in [4.69, 9.17) is 0 Å². The third kappa shape index (κ3) is 8.52. The van der Waals surface area contributed by atoms with Crippen LogP contribution in [0.15, 0.2) is 83.3 Å². The maximum atomic E-state index is 13.7. The maximum absolute atomic E-state index is 13.7. The van der Waals surface area contributed by atoms with Gasteiger partial charge in [-0.1, -0.05) is 89.6 Å². The summed E-state index contributed by atoms with van der Waals surface area (Å²) >= 11 is 5.13. The number of rotatable bonds is 12. The molecule has 4 nitrogen and oxygen atoms in total. The minimum absolute atomic E-state index is 0.0335. The lowest BCUT2D eigenvalue weighted by molar-refractivity contribution is -0.139. The Balaban J connectivity index is 1.86. The average molecular weight is 568 g/mol. The number of aryl methyl sites for hydroxylation is 1. The van der Waals surface area contributed by atoms with Crippen molar-refractivity contribution in [3.63, 3.8) is 0 Å². The highest BCUT2D eigenvalue weighted by Gasteiger charge is 2.30. The van der Waals surface area contributed by atoms with Gasteiger partial charge >= 0.3 is 0 Å². The van der Waals surface area contributed by atoms with Gasteiger partial charge in [0, 0.05) is 29.2 Å². The average Bonchev–Trinajstić information content (AvgIpc) is 2.87. The molecule has 3 aromatic carbocycles. The predicted octanol–water partition coefficient (Wildman–Crippen LogP) is 6.55. The Hall–Kier alpha value is -2.57. The zero-order valence-corrected chi connectivity index (χ0v) is 23.6. The SMILES string of the molecule is CCC(C)NC(=O)C(Cc1ccccc1)N(Cc1cccc(Br)c1)C(=O)CSCc1ccccc1C. The van der Waals surface area contributed by atoms with E-state index in [-0.39, 0.29) is 17.9 Å². The molecule has 0 aromatic heterocycles. The number of thioether (sulfide) groups is 1. The first-order valence-corrected chi connectivity index (χ1v) is 14.3. The molecule has 0 saturated carbocycles. The molecule has 3 rings (SSSR count). The fraction of sp³-hybridized carbons (Fsp3) is 0.333. The van der Waals surface area contributed by atoms with E-state index >= 15 is 0 Å². The smallest absolute Gasteiger partial charge is 0.243 e. The number of halogens is 1. The lowest BCUT2D eigenvalue weighted by atomic mass is 10.0. The number of carbonyl (C=O) groups excluding carboxylic acids is 2. The van der Waals surface area contributed by atoms with Crippen molar-refractivity contribution in [2.24, 2.45) is 0 Å². The van der Waals surface area contributed by atoms with Crippen LogP contribution in [0.4, 0.5) is 0 Å². The number of hydrogen-bond donors (Lipinski definition) is 1. The zero-order chi connectivity index (χ0) is 25.9. The molecule has 0 saturated heterocycles. The molecule has 36 heavy (non-hydrogen) atoms. The first-order valence-electron chi connectivity index (χ1n) is 12.4. The van der Waals surface area contributed by atoms with Crippen molar-refractivity contribution in [2.75, 3.05) is 5.75 Å². The van der Waals surface area contributed by atoms with Crippen LogP contribution in [0.1, 0.15) is 42.5 Å². The van der Waals surface area contributed by atoms with Crippen LogP contribution in [0.5, 0.6) is 0 Å². The first-order chi connectivity index (χ1) is 17.4. The molecule has 3 aromatic rings. The van der Waals surface area contributed by atoms with Crippen molar-refractivity contribution in [3.8, 4) is 0 Å². The lowest BCUT2D eigenvalue weighted by Gasteiger charge is -2.32. The fourth-order valence-electron chi connectivity index (χ4n) is 3.93. The van der Waals surface area contributed by atoms with Crippen LogP contribution in [0.25, 0.3) is 0 Å². The zero-order valence-electron chi connectivity index (χ0n) is 21.2. The Morgan fingerprint density at radius 2 is 1.67 bits per heavy atom. The fourth-order valence-corrected chi connectivity index (χ4v) is 5.36. The van der Waals surface area contributed by atoms with E-state index in [1.165, 1.54) is 11.1 Å². The highest BCUT2D eigenvalue weighted by atomic mass is 79.9. The minimum atomic E-state index is -0.605. The van der Waals surface area contributed by atoms with Gasteiger partial charge in [-0.25, -0.2) is 0 Å². The van der Waals surface area contributed by atoms with Crippen molar-refractivity contribution < 1.29 is 9.59 Å². The summed E-state index contributed by atoms with van der Waals surface area (Å²) in [5, 5.41) is 3.12. The Morgan fingerprint density at radius 3 is 2.36 bits per heavy atom. The summed E-state index contributed by atoms with van der Waals surface area (Å²) in [5.74, 6) is 0.921. The van der Waals surface area contributed by atoms with Gasteiger partial charge in [-0.15, -0.1) is 11.8 Å². The van der Waals surface area contributed by atoms with E-state index in [9.17, 15) is 9.59 Å². The lowest BCUT2D eigenvalue weighted by Crippen LogP contribution is -2.52. The molecular weight excluding hydrogens is 532 g/mol. The van der Waals surface area contributed by atoms with E-state index in [1.807, 2.05) is 80.6 Å². The van der Waals surface area contributed by atoms with Gasteiger partial charge < -0.3 is 10.2 Å². The number of amides is 2. The van der Waals surface area contributed by atoms with Gasteiger partial charge in [-0.3, -0.25) is 9.59 Å². The van der Waals surface area contributed by atoms with E-state index in [0.29, 0.717) is 18.7 Å². The molecule has 0 radical (unpaired) electrons. The third-order valence-electron chi connectivity index (χ3n) is 6.26. The van der Waals surface area contributed by atoms with E-state index in [0.717, 1.165) is 27.8 Å². The summed E-state index contributed by atoms with van der Waals surface area (Å²) < 4.78 is 0.949. The molecule has 2 unspecified atom stereocenters. The van der Waals surface area contributed by atoms with Crippen LogP contribution >= 0.6 is 27.7 Å². The molecule has 0 bridgehead atoms. The first kappa shape index (κ1) is 28.0. The van der Waals surface area contributed by atoms with Gasteiger partial charge in [0.2, 0.25) is 11.8 Å². The number of carbonyl (C=O) groups is 2. The second-order valence-electron chi connectivity index (χ2n) is 9.09. The van der Waals surface area contributed by atoms with Gasteiger partial charge in [0.25, 0.3) is 0 Å². The predicted molar refractivity (Wildman–Crippen MR) is 154 cm³/mol. The summed E-state index contributed by atoms with van der Waals surface area (Å²) in [7, 11) is 0. The number of benzene rings is 3. The standard InChI is InChI=1S/C30H35BrN2O2S/c1-4-23(3)32-30(35)28(18-24-12-6-5-7-13-24)33(19-25-14-10-16-27(31)17-25)29(34)21-36-20-26-15-9-8-11-22(26)2/h5-17,23,28H,4,18-21H2,1-3H3,(H,32,35).